The van der Waals surface area contributed by atoms with E-state index in [0.717, 1.165) is 24.3 Å². The number of hydrogen-bond donors (Lipinski definition) is 0. The summed E-state index contributed by atoms with van der Waals surface area (Å²) in [5.74, 6) is 0. The average molecular weight is 415 g/mol. The highest BCUT2D eigenvalue weighted by Gasteiger charge is 2.17. The van der Waals surface area contributed by atoms with Gasteiger partial charge in [-0.05, 0) is 62.0 Å². The molecular weight excluding hydrogens is 407 g/mol. The molecular formula is C12H8Br2Cl2S. The van der Waals surface area contributed by atoms with Gasteiger partial charge in [-0.3, -0.25) is 0 Å². The summed E-state index contributed by atoms with van der Waals surface area (Å²) in [5, 5.41) is 0.501. The Morgan fingerprint density at radius 2 is 1.94 bits per heavy atom. The Kier molecular flexibility index (Phi) is 4.59. The first kappa shape index (κ1) is 13.9. The molecule has 0 amide bonds. The number of hydrogen-bond acceptors (Lipinski definition) is 1. The molecule has 2 aromatic rings. The third-order valence-electron chi connectivity index (χ3n) is 2.34. The van der Waals surface area contributed by atoms with E-state index in [0.29, 0.717) is 5.02 Å². The van der Waals surface area contributed by atoms with E-state index in [4.69, 9.17) is 23.2 Å². The molecule has 1 aromatic carbocycles. The highest BCUT2D eigenvalue weighted by atomic mass is 79.9. The fraction of sp³-hybridized carbons (Fsp3) is 0.167. The lowest BCUT2D eigenvalue weighted by atomic mass is 10.1. The highest BCUT2D eigenvalue weighted by Crippen LogP contribution is 2.42. The zero-order chi connectivity index (χ0) is 12.6. The molecule has 0 nitrogen and oxygen atoms in total. The van der Waals surface area contributed by atoms with E-state index in [1.165, 1.54) is 0 Å². The van der Waals surface area contributed by atoms with Crippen LogP contribution < -0.4 is 0 Å². The van der Waals surface area contributed by atoms with Crippen molar-refractivity contribution in [3.05, 3.63) is 53.6 Å². The van der Waals surface area contributed by atoms with Gasteiger partial charge in [-0.1, -0.05) is 23.7 Å². The molecule has 1 atom stereocenters. The SMILES string of the molecule is Cc1ccc(C(Cl)c2cc(Br)c(Br)s2)c(Cl)c1. The van der Waals surface area contributed by atoms with Crippen LogP contribution in [0, 0.1) is 6.92 Å². The lowest BCUT2D eigenvalue weighted by Gasteiger charge is -2.10. The monoisotopic (exact) mass is 412 g/mol. The van der Waals surface area contributed by atoms with E-state index in [1.807, 2.05) is 31.2 Å². The Hall–Kier alpha value is 0.460. The standard InChI is InChI=1S/C12H8Br2Cl2S/c1-6-2-3-7(9(15)4-6)11(16)10-5-8(13)12(14)17-10/h2-5,11H,1H3. The van der Waals surface area contributed by atoms with Crippen molar-refractivity contribution in [1.29, 1.82) is 0 Å². The van der Waals surface area contributed by atoms with Gasteiger partial charge in [-0.25, -0.2) is 0 Å². The second-order valence-electron chi connectivity index (χ2n) is 3.66. The first-order chi connectivity index (χ1) is 7.99. The molecule has 0 aliphatic rings. The van der Waals surface area contributed by atoms with Gasteiger partial charge in [0.15, 0.2) is 0 Å². The maximum Gasteiger partial charge on any atom is 0.0942 e. The van der Waals surface area contributed by atoms with E-state index in [-0.39, 0.29) is 5.38 Å². The maximum atomic E-state index is 6.46. The summed E-state index contributed by atoms with van der Waals surface area (Å²) in [6.07, 6.45) is 0. The highest BCUT2D eigenvalue weighted by molar-refractivity contribution is 9.13. The summed E-state index contributed by atoms with van der Waals surface area (Å²) < 4.78 is 2.06. The van der Waals surface area contributed by atoms with Crippen molar-refractivity contribution >= 4 is 66.4 Å². The summed E-state index contributed by atoms with van der Waals surface area (Å²) in [6.45, 7) is 2.01. The van der Waals surface area contributed by atoms with Crippen molar-refractivity contribution in [3.63, 3.8) is 0 Å². The molecule has 17 heavy (non-hydrogen) atoms. The number of benzene rings is 1. The minimum Gasteiger partial charge on any atom is -0.130 e. The predicted molar refractivity (Wildman–Crippen MR) is 83.6 cm³/mol. The maximum absolute atomic E-state index is 6.46. The fourth-order valence-electron chi connectivity index (χ4n) is 1.48. The molecule has 90 valence electrons. The Bertz CT molecular complexity index is 532. The normalized spacial score (nSPS) is 12.8. The molecule has 2 rings (SSSR count). The Morgan fingerprint density at radius 1 is 1.24 bits per heavy atom. The van der Waals surface area contributed by atoms with Gasteiger partial charge in [-0.2, -0.15) is 0 Å². The predicted octanol–water partition coefficient (Wildman–Crippen LogP) is 6.56. The molecule has 0 spiro atoms. The number of aryl methyl sites for hydroxylation is 1. The third-order valence-corrected chi connectivity index (χ3v) is 6.59. The molecule has 0 aliphatic carbocycles. The van der Waals surface area contributed by atoms with Gasteiger partial charge in [-0.15, -0.1) is 22.9 Å². The summed E-state index contributed by atoms with van der Waals surface area (Å²) in [7, 11) is 0. The summed E-state index contributed by atoms with van der Waals surface area (Å²) in [6, 6.07) is 7.96. The van der Waals surface area contributed by atoms with Crippen LogP contribution in [-0.4, -0.2) is 0 Å². The van der Waals surface area contributed by atoms with Crippen molar-refractivity contribution in [3.8, 4) is 0 Å². The quantitative estimate of drug-likeness (QED) is 0.488. The minimum atomic E-state index is -0.212. The number of rotatable bonds is 2. The van der Waals surface area contributed by atoms with Crippen LogP contribution in [0.15, 0.2) is 32.5 Å². The van der Waals surface area contributed by atoms with Crippen LogP contribution in [0.3, 0.4) is 0 Å². The lowest BCUT2D eigenvalue weighted by molar-refractivity contribution is 1.18. The largest absolute Gasteiger partial charge is 0.130 e. The Morgan fingerprint density at radius 3 is 2.47 bits per heavy atom. The van der Waals surface area contributed by atoms with Crippen molar-refractivity contribution in [1.82, 2.24) is 0 Å². The first-order valence-electron chi connectivity index (χ1n) is 4.84. The van der Waals surface area contributed by atoms with Crippen LogP contribution in [0.5, 0.6) is 0 Å². The van der Waals surface area contributed by atoms with Gasteiger partial charge in [0.05, 0.1) is 9.16 Å². The molecule has 0 saturated carbocycles. The van der Waals surface area contributed by atoms with E-state index in [2.05, 4.69) is 31.9 Å². The molecule has 0 saturated heterocycles. The van der Waals surface area contributed by atoms with E-state index >= 15 is 0 Å². The molecule has 0 bridgehead atoms. The smallest absolute Gasteiger partial charge is 0.0942 e. The van der Waals surface area contributed by atoms with Crippen LogP contribution in [-0.2, 0) is 0 Å². The van der Waals surface area contributed by atoms with Crippen LogP contribution in [0.25, 0.3) is 0 Å². The summed E-state index contributed by atoms with van der Waals surface area (Å²) >= 11 is 21.2. The Balaban J connectivity index is 2.39. The average Bonchev–Trinajstić information content (AvgIpc) is 2.58. The molecule has 1 heterocycles. The molecule has 0 radical (unpaired) electrons. The number of halogens is 4. The molecule has 0 fully saturated rings. The van der Waals surface area contributed by atoms with E-state index in [1.54, 1.807) is 11.3 Å². The molecule has 1 aromatic heterocycles. The first-order valence-corrected chi connectivity index (χ1v) is 8.05. The van der Waals surface area contributed by atoms with E-state index < -0.39 is 0 Å². The Labute approximate surface area is 131 Å². The van der Waals surface area contributed by atoms with Crippen molar-refractivity contribution in [2.24, 2.45) is 0 Å². The fourth-order valence-corrected chi connectivity index (χ4v) is 4.35. The van der Waals surface area contributed by atoms with Crippen LogP contribution in [0.4, 0.5) is 0 Å². The van der Waals surface area contributed by atoms with Gasteiger partial charge in [0, 0.05) is 14.4 Å². The van der Waals surface area contributed by atoms with Gasteiger partial charge in [0.2, 0.25) is 0 Å². The summed E-state index contributed by atoms with van der Waals surface area (Å²) in [5.41, 5.74) is 2.08. The van der Waals surface area contributed by atoms with Gasteiger partial charge in [0.25, 0.3) is 0 Å². The van der Waals surface area contributed by atoms with E-state index in [9.17, 15) is 0 Å². The molecule has 5 heteroatoms. The number of thiophene rings is 1. The van der Waals surface area contributed by atoms with Gasteiger partial charge < -0.3 is 0 Å². The zero-order valence-electron chi connectivity index (χ0n) is 8.81. The van der Waals surface area contributed by atoms with Crippen LogP contribution in [0.2, 0.25) is 5.02 Å². The summed E-state index contributed by atoms with van der Waals surface area (Å²) in [4.78, 5) is 1.07. The van der Waals surface area contributed by atoms with Crippen molar-refractivity contribution in [2.75, 3.05) is 0 Å². The topological polar surface area (TPSA) is 0 Å². The number of alkyl halides is 1. The van der Waals surface area contributed by atoms with Crippen LogP contribution in [0.1, 0.15) is 21.4 Å². The van der Waals surface area contributed by atoms with Crippen LogP contribution >= 0.6 is 66.4 Å². The lowest BCUT2D eigenvalue weighted by Crippen LogP contribution is -1.91. The second-order valence-corrected chi connectivity index (χ2v) is 7.76. The van der Waals surface area contributed by atoms with Gasteiger partial charge >= 0.3 is 0 Å². The zero-order valence-corrected chi connectivity index (χ0v) is 14.3. The van der Waals surface area contributed by atoms with Crippen molar-refractivity contribution in [2.45, 2.75) is 12.3 Å². The van der Waals surface area contributed by atoms with Gasteiger partial charge in [0.1, 0.15) is 0 Å². The minimum absolute atomic E-state index is 0.212. The second kappa shape index (κ2) is 5.62. The van der Waals surface area contributed by atoms with Crippen molar-refractivity contribution < 1.29 is 0 Å². The molecule has 1 unspecified atom stereocenters. The molecule has 0 N–H and O–H groups in total. The molecule has 0 aliphatic heterocycles. The third kappa shape index (κ3) is 3.07.